The number of carbonyl (C=O) groups excluding carboxylic acids is 2. The molecule has 0 fully saturated rings. The fraction of sp³-hybridized carbons (Fsp3) is 0.667. The Kier molecular flexibility index (Phi) is 12.8. The lowest BCUT2D eigenvalue weighted by Gasteiger charge is -2.04. The molecule has 146 valence electrons. The maximum atomic E-state index is 11.8. The van der Waals surface area contributed by atoms with Crippen LogP contribution >= 0.6 is 0 Å². The predicted octanol–water partition coefficient (Wildman–Crippen LogP) is 7.09. The van der Waals surface area contributed by atoms with Crippen LogP contribution in [0.15, 0.2) is 24.3 Å². The molecule has 0 aliphatic heterocycles. The van der Waals surface area contributed by atoms with E-state index in [1.54, 1.807) is 0 Å². The predicted molar refractivity (Wildman–Crippen MR) is 111 cm³/mol. The lowest BCUT2D eigenvalue weighted by molar-refractivity contribution is -0.116. The van der Waals surface area contributed by atoms with Gasteiger partial charge in [-0.05, 0) is 25.3 Å². The Morgan fingerprint density at radius 1 is 0.692 bits per heavy atom. The van der Waals surface area contributed by atoms with Gasteiger partial charge in [0.05, 0.1) is 6.42 Å². The summed E-state index contributed by atoms with van der Waals surface area (Å²) in [6.45, 7) is 3.73. The fourth-order valence-electron chi connectivity index (χ4n) is 3.36. The summed E-state index contributed by atoms with van der Waals surface area (Å²) < 4.78 is 0. The van der Waals surface area contributed by atoms with E-state index >= 15 is 0 Å². The quantitative estimate of drug-likeness (QED) is 0.179. The molecule has 0 saturated carbocycles. The molecule has 0 unspecified atom stereocenters. The van der Waals surface area contributed by atoms with Crippen molar-refractivity contribution in [2.75, 3.05) is 0 Å². The van der Waals surface area contributed by atoms with Gasteiger partial charge in [0.2, 0.25) is 0 Å². The fourth-order valence-corrected chi connectivity index (χ4v) is 3.36. The number of unbranched alkanes of at least 4 members (excludes halogenated alkanes) is 11. The average Bonchev–Trinajstić information content (AvgIpc) is 2.62. The highest BCUT2D eigenvalue weighted by Gasteiger charge is 2.08. The van der Waals surface area contributed by atoms with Crippen LogP contribution in [-0.2, 0) is 11.2 Å². The molecule has 1 aromatic carbocycles. The zero-order chi connectivity index (χ0) is 19.0. The Morgan fingerprint density at radius 2 is 1.15 bits per heavy atom. The van der Waals surface area contributed by atoms with Gasteiger partial charge in [0, 0.05) is 5.56 Å². The summed E-state index contributed by atoms with van der Waals surface area (Å²) in [7, 11) is 0. The highest BCUT2D eigenvalue weighted by Crippen LogP contribution is 2.14. The molecule has 0 heterocycles. The Balaban J connectivity index is 2.01. The van der Waals surface area contributed by atoms with E-state index in [9.17, 15) is 9.59 Å². The van der Waals surface area contributed by atoms with E-state index in [-0.39, 0.29) is 18.0 Å². The maximum absolute atomic E-state index is 11.8. The number of ketones is 2. The van der Waals surface area contributed by atoms with E-state index < -0.39 is 0 Å². The normalized spacial score (nSPS) is 10.8. The summed E-state index contributed by atoms with van der Waals surface area (Å²) in [5.74, 6) is -0.148. The minimum absolute atomic E-state index is 0.0120. The first-order valence-corrected chi connectivity index (χ1v) is 10.7. The lowest BCUT2D eigenvalue weighted by atomic mass is 10.0. The molecule has 0 atom stereocenters. The first-order valence-electron chi connectivity index (χ1n) is 10.7. The molecule has 0 aromatic heterocycles. The second-order valence-electron chi connectivity index (χ2n) is 7.64. The third-order valence-corrected chi connectivity index (χ3v) is 5.00. The monoisotopic (exact) mass is 358 g/mol. The number of hydrogen-bond acceptors (Lipinski definition) is 2. The molecule has 0 radical (unpaired) electrons. The van der Waals surface area contributed by atoms with Gasteiger partial charge in [-0.15, -0.1) is 0 Å². The Labute approximate surface area is 160 Å². The van der Waals surface area contributed by atoms with Crippen molar-refractivity contribution in [3.63, 3.8) is 0 Å². The van der Waals surface area contributed by atoms with Crippen molar-refractivity contribution >= 4 is 11.6 Å². The molecular weight excluding hydrogens is 320 g/mol. The van der Waals surface area contributed by atoms with Gasteiger partial charge in [-0.3, -0.25) is 9.59 Å². The van der Waals surface area contributed by atoms with Gasteiger partial charge in [-0.2, -0.15) is 0 Å². The number of carbonyl (C=O) groups is 2. The molecule has 2 heteroatoms. The molecule has 1 aromatic rings. The SMILES string of the molecule is CCCCCCCCCCCCCCc1ccc(C(=O)CC(C)=O)cc1. The number of hydrogen-bond donors (Lipinski definition) is 0. The van der Waals surface area contributed by atoms with Gasteiger partial charge in [0.1, 0.15) is 5.78 Å². The molecule has 26 heavy (non-hydrogen) atoms. The summed E-state index contributed by atoms with van der Waals surface area (Å²) in [5.41, 5.74) is 1.94. The minimum Gasteiger partial charge on any atom is -0.300 e. The third-order valence-electron chi connectivity index (χ3n) is 5.00. The highest BCUT2D eigenvalue weighted by atomic mass is 16.1. The molecule has 0 N–H and O–H groups in total. The molecule has 0 aliphatic carbocycles. The van der Waals surface area contributed by atoms with Gasteiger partial charge in [-0.25, -0.2) is 0 Å². The van der Waals surface area contributed by atoms with Crippen LogP contribution in [0.3, 0.4) is 0 Å². The van der Waals surface area contributed by atoms with Gasteiger partial charge in [0.25, 0.3) is 0 Å². The van der Waals surface area contributed by atoms with E-state index in [2.05, 4.69) is 6.92 Å². The third kappa shape index (κ3) is 11.2. The van der Waals surface area contributed by atoms with E-state index in [4.69, 9.17) is 0 Å². The molecular formula is C24H38O2. The van der Waals surface area contributed by atoms with Crippen molar-refractivity contribution in [1.29, 1.82) is 0 Å². The maximum Gasteiger partial charge on any atom is 0.170 e. The van der Waals surface area contributed by atoms with Crippen LogP contribution < -0.4 is 0 Å². The van der Waals surface area contributed by atoms with Gasteiger partial charge in [-0.1, -0.05) is 102 Å². The molecule has 0 amide bonds. The van der Waals surface area contributed by atoms with E-state index in [0.29, 0.717) is 5.56 Å². The van der Waals surface area contributed by atoms with Gasteiger partial charge < -0.3 is 0 Å². The van der Waals surface area contributed by atoms with Crippen LogP contribution in [0, 0.1) is 0 Å². The largest absolute Gasteiger partial charge is 0.300 e. The smallest absolute Gasteiger partial charge is 0.170 e. The number of rotatable bonds is 16. The zero-order valence-electron chi connectivity index (χ0n) is 17.0. The van der Waals surface area contributed by atoms with Crippen molar-refractivity contribution in [3.05, 3.63) is 35.4 Å². The van der Waals surface area contributed by atoms with Crippen molar-refractivity contribution in [3.8, 4) is 0 Å². The number of aryl methyl sites for hydroxylation is 1. The number of benzene rings is 1. The molecule has 2 nitrogen and oxygen atoms in total. The standard InChI is InChI=1S/C24H38O2/c1-3-4-5-6-7-8-9-10-11-12-13-14-15-22-16-18-23(19-17-22)24(26)20-21(2)25/h16-19H,3-15,20H2,1-2H3. The topological polar surface area (TPSA) is 34.1 Å². The molecule has 1 rings (SSSR count). The van der Waals surface area contributed by atoms with Crippen molar-refractivity contribution < 1.29 is 9.59 Å². The van der Waals surface area contributed by atoms with E-state index in [1.807, 2.05) is 24.3 Å². The first-order chi connectivity index (χ1) is 12.6. The van der Waals surface area contributed by atoms with Crippen LogP contribution in [0.4, 0.5) is 0 Å². The summed E-state index contributed by atoms with van der Waals surface area (Å²) in [6.07, 6.45) is 17.5. The molecule has 0 aliphatic rings. The summed E-state index contributed by atoms with van der Waals surface area (Å²) in [5, 5.41) is 0. The Bertz CT molecular complexity index is 501. The van der Waals surface area contributed by atoms with Gasteiger partial charge in [0.15, 0.2) is 5.78 Å². The summed E-state index contributed by atoms with van der Waals surface area (Å²) in [4.78, 5) is 22.8. The second kappa shape index (κ2) is 14.7. The van der Waals surface area contributed by atoms with Crippen molar-refractivity contribution in [1.82, 2.24) is 0 Å². The first kappa shape index (κ1) is 22.6. The highest BCUT2D eigenvalue weighted by molar-refractivity contribution is 6.07. The van der Waals surface area contributed by atoms with Crippen molar-refractivity contribution in [2.24, 2.45) is 0 Å². The number of Topliss-reactive ketones (excluding diaryl/α,β-unsaturated/α-hetero) is 2. The summed E-state index contributed by atoms with van der Waals surface area (Å²) in [6, 6.07) is 7.79. The molecule has 0 bridgehead atoms. The van der Waals surface area contributed by atoms with Crippen LogP contribution in [0.25, 0.3) is 0 Å². The minimum atomic E-state index is -0.0746. The Hall–Kier alpha value is -1.44. The lowest BCUT2D eigenvalue weighted by Crippen LogP contribution is -2.04. The average molecular weight is 359 g/mol. The van der Waals surface area contributed by atoms with Crippen LogP contribution in [0.1, 0.15) is 113 Å². The molecule has 0 saturated heterocycles. The second-order valence-corrected chi connectivity index (χ2v) is 7.64. The van der Waals surface area contributed by atoms with E-state index in [0.717, 1.165) is 6.42 Å². The van der Waals surface area contributed by atoms with Crippen molar-refractivity contribution in [2.45, 2.75) is 104 Å². The van der Waals surface area contributed by atoms with Gasteiger partial charge >= 0.3 is 0 Å². The summed E-state index contributed by atoms with van der Waals surface area (Å²) >= 11 is 0. The van der Waals surface area contributed by atoms with Crippen LogP contribution in [0.5, 0.6) is 0 Å². The zero-order valence-corrected chi connectivity index (χ0v) is 17.0. The molecule has 0 spiro atoms. The van der Waals surface area contributed by atoms with E-state index in [1.165, 1.54) is 89.5 Å². The van der Waals surface area contributed by atoms with Crippen LogP contribution in [-0.4, -0.2) is 11.6 Å². The van der Waals surface area contributed by atoms with Crippen LogP contribution in [0.2, 0.25) is 0 Å². The Morgan fingerprint density at radius 3 is 1.62 bits per heavy atom.